The van der Waals surface area contributed by atoms with Crippen LogP contribution in [0.4, 0.5) is 10.6 Å². The van der Waals surface area contributed by atoms with E-state index in [1.165, 1.54) is 6.33 Å². The number of nitrogens with one attached hydrogen (secondary N) is 3. The molecule has 4 aromatic rings. The minimum absolute atomic E-state index is 0.0502. The lowest BCUT2D eigenvalue weighted by Crippen LogP contribution is -2.35. The summed E-state index contributed by atoms with van der Waals surface area (Å²) in [6, 6.07) is 17.4. The Morgan fingerprint density at radius 2 is 1.78 bits per heavy atom. The van der Waals surface area contributed by atoms with Crippen molar-refractivity contribution in [1.82, 2.24) is 20.6 Å². The summed E-state index contributed by atoms with van der Waals surface area (Å²) < 4.78 is 12.0. The molecule has 192 valence electrons. The predicted octanol–water partition coefficient (Wildman–Crippen LogP) is 5.44. The van der Waals surface area contributed by atoms with E-state index in [2.05, 4.69) is 51.0 Å². The molecule has 1 aromatic heterocycles. The molecule has 1 aliphatic rings. The van der Waals surface area contributed by atoms with Crippen LogP contribution in [0.2, 0.25) is 0 Å². The van der Waals surface area contributed by atoms with Crippen molar-refractivity contribution >= 4 is 33.5 Å². The fraction of sp³-hybridized carbons (Fsp3) is 0.345. The van der Waals surface area contributed by atoms with Crippen LogP contribution >= 0.6 is 0 Å². The molecule has 8 heteroatoms. The normalized spacial score (nSPS) is 15.8. The highest BCUT2D eigenvalue weighted by atomic mass is 16.5. The molecule has 5 rings (SSSR count). The molecule has 37 heavy (non-hydrogen) atoms. The summed E-state index contributed by atoms with van der Waals surface area (Å²) in [6.07, 6.45) is 3.66. The highest BCUT2D eigenvalue weighted by Crippen LogP contribution is 2.36. The first kappa shape index (κ1) is 24.8. The van der Waals surface area contributed by atoms with Gasteiger partial charge in [0.05, 0.1) is 24.8 Å². The quantitative estimate of drug-likeness (QED) is 0.313. The number of nitrogens with zero attached hydrogens (tertiary/aromatic N) is 2. The Kier molecular flexibility index (Phi) is 7.37. The molecule has 2 atom stereocenters. The summed E-state index contributed by atoms with van der Waals surface area (Å²) >= 11 is 0. The van der Waals surface area contributed by atoms with Crippen LogP contribution in [0.1, 0.15) is 38.3 Å². The van der Waals surface area contributed by atoms with E-state index in [1.54, 1.807) is 7.11 Å². The second-order valence-electron chi connectivity index (χ2n) is 9.54. The Balaban J connectivity index is 1.34. The average molecular weight is 500 g/mol. The van der Waals surface area contributed by atoms with Crippen LogP contribution in [-0.4, -0.2) is 42.3 Å². The molecule has 1 aliphatic heterocycles. The van der Waals surface area contributed by atoms with E-state index in [9.17, 15) is 4.79 Å². The maximum atomic E-state index is 13.0. The number of aromatic nitrogens is 2. The standard InChI is InChI=1S/C29H33N5O3/c1-18(22-10-6-8-21-7-4-5-9-23(21)22)33-29(35)34-28-24-15-26(36-3)27(16-25(24)31-17-32-28)37-19(2)20-11-13-30-14-12-20/h4-10,15-20,30H,11-14H2,1-3H3,(H2,31,32,33,34,35). The second kappa shape index (κ2) is 11.0. The van der Waals surface area contributed by atoms with Gasteiger partial charge in [-0.05, 0) is 68.1 Å². The Morgan fingerprint density at radius 3 is 2.59 bits per heavy atom. The Bertz CT molecular complexity index is 1400. The number of carbonyl (C=O) groups is 1. The lowest BCUT2D eigenvalue weighted by atomic mass is 9.93. The van der Waals surface area contributed by atoms with Gasteiger partial charge in [0, 0.05) is 11.5 Å². The molecular weight excluding hydrogens is 466 g/mol. The first-order valence-corrected chi connectivity index (χ1v) is 12.8. The fourth-order valence-electron chi connectivity index (χ4n) is 5.07. The van der Waals surface area contributed by atoms with Crippen molar-refractivity contribution in [2.75, 3.05) is 25.5 Å². The van der Waals surface area contributed by atoms with Gasteiger partial charge in [-0.25, -0.2) is 14.8 Å². The largest absolute Gasteiger partial charge is 0.493 e. The third-order valence-corrected chi connectivity index (χ3v) is 7.15. The molecule has 1 saturated heterocycles. The van der Waals surface area contributed by atoms with Gasteiger partial charge < -0.3 is 20.1 Å². The van der Waals surface area contributed by atoms with Gasteiger partial charge in [0.1, 0.15) is 12.1 Å². The number of hydrogen-bond acceptors (Lipinski definition) is 6. The minimum Gasteiger partial charge on any atom is -0.493 e. The SMILES string of the molecule is COc1cc2c(NC(=O)NC(C)c3cccc4ccccc34)ncnc2cc1OC(C)C1CCNCC1. The van der Waals surface area contributed by atoms with Gasteiger partial charge in [-0.15, -0.1) is 0 Å². The number of rotatable bonds is 7. The zero-order valence-corrected chi connectivity index (χ0v) is 21.5. The lowest BCUT2D eigenvalue weighted by molar-refractivity contribution is 0.124. The number of ether oxygens (including phenoxy) is 2. The van der Waals surface area contributed by atoms with E-state index in [-0.39, 0.29) is 18.2 Å². The number of piperidine rings is 1. The summed E-state index contributed by atoms with van der Waals surface area (Å²) in [4.78, 5) is 21.7. The lowest BCUT2D eigenvalue weighted by Gasteiger charge is -2.29. The Hall–Kier alpha value is -3.91. The van der Waals surface area contributed by atoms with Gasteiger partial charge >= 0.3 is 6.03 Å². The maximum Gasteiger partial charge on any atom is 0.320 e. The van der Waals surface area contributed by atoms with E-state index >= 15 is 0 Å². The molecule has 8 nitrogen and oxygen atoms in total. The number of urea groups is 1. The number of hydrogen-bond donors (Lipinski definition) is 3. The van der Waals surface area contributed by atoms with Crippen LogP contribution in [0.5, 0.6) is 11.5 Å². The van der Waals surface area contributed by atoms with Crippen molar-refractivity contribution in [1.29, 1.82) is 0 Å². The first-order chi connectivity index (χ1) is 18.0. The zero-order valence-electron chi connectivity index (χ0n) is 21.5. The molecule has 2 heterocycles. The molecule has 3 N–H and O–H groups in total. The van der Waals surface area contributed by atoms with Crippen molar-refractivity contribution in [3.05, 3.63) is 66.5 Å². The van der Waals surface area contributed by atoms with Crippen LogP contribution in [0, 0.1) is 5.92 Å². The molecule has 2 unspecified atom stereocenters. The van der Waals surface area contributed by atoms with Crippen molar-refractivity contribution in [2.45, 2.75) is 38.8 Å². The van der Waals surface area contributed by atoms with Crippen LogP contribution in [0.15, 0.2) is 60.9 Å². The number of fused-ring (bicyclic) bond motifs is 2. The Morgan fingerprint density at radius 1 is 1.00 bits per heavy atom. The van der Waals surface area contributed by atoms with Gasteiger partial charge in [-0.3, -0.25) is 5.32 Å². The van der Waals surface area contributed by atoms with Crippen molar-refractivity contribution in [2.24, 2.45) is 5.92 Å². The molecule has 0 aliphatic carbocycles. The smallest absolute Gasteiger partial charge is 0.320 e. The van der Waals surface area contributed by atoms with Crippen molar-refractivity contribution < 1.29 is 14.3 Å². The van der Waals surface area contributed by atoms with Crippen molar-refractivity contribution in [3.8, 4) is 11.5 Å². The minimum atomic E-state index is -0.348. The summed E-state index contributed by atoms with van der Waals surface area (Å²) in [5.74, 6) is 2.11. The van der Waals surface area contributed by atoms with E-state index in [0.29, 0.717) is 34.1 Å². The van der Waals surface area contributed by atoms with Gasteiger partial charge in [0.25, 0.3) is 0 Å². The highest BCUT2D eigenvalue weighted by molar-refractivity contribution is 5.99. The average Bonchev–Trinajstić information content (AvgIpc) is 2.93. The number of amides is 2. The number of methoxy groups -OCH3 is 1. The molecular formula is C29H33N5O3. The number of anilines is 1. The van der Waals surface area contributed by atoms with E-state index in [1.807, 2.05) is 43.3 Å². The molecule has 3 aromatic carbocycles. The number of carbonyl (C=O) groups excluding carboxylic acids is 1. The van der Waals surface area contributed by atoms with Gasteiger partial charge in [0.2, 0.25) is 0 Å². The fourth-order valence-corrected chi connectivity index (χ4v) is 5.07. The van der Waals surface area contributed by atoms with Crippen LogP contribution < -0.4 is 25.4 Å². The summed E-state index contributed by atoms with van der Waals surface area (Å²) in [6.45, 7) is 6.09. The summed E-state index contributed by atoms with van der Waals surface area (Å²) in [7, 11) is 1.61. The van der Waals surface area contributed by atoms with Crippen LogP contribution in [0.3, 0.4) is 0 Å². The van der Waals surface area contributed by atoms with Crippen molar-refractivity contribution in [3.63, 3.8) is 0 Å². The van der Waals surface area contributed by atoms with Crippen LogP contribution in [0.25, 0.3) is 21.7 Å². The molecule has 1 fully saturated rings. The molecule has 0 spiro atoms. The molecule has 0 saturated carbocycles. The van der Waals surface area contributed by atoms with E-state index < -0.39 is 0 Å². The highest BCUT2D eigenvalue weighted by Gasteiger charge is 2.23. The predicted molar refractivity (Wildman–Crippen MR) is 146 cm³/mol. The molecule has 0 bridgehead atoms. The molecule has 0 radical (unpaired) electrons. The van der Waals surface area contributed by atoms with Gasteiger partial charge in [-0.1, -0.05) is 42.5 Å². The molecule has 2 amide bonds. The summed E-state index contributed by atoms with van der Waals surface area (Å²) in [5.41, 5.74) is 1.72. The Labute approximate surface area is 216 Å². The topological polar surface area (TPSA) is 97.4 Å². The van der Waals surface area contributed by atoms with E-state index in [4.69, 9.17) is 9.47 Å². The monoisotopic (exact) mass is 499 g/mol. The third-order valence-electron chi connectivity index (χ3n) is 7.15. The van der Waals surface area contributed by atoms with Crippen LogP contribution in [-0.2, 0) is 0 Å². The van der Waals surface area contributed by atoms with E-state index in [0.717, 1.165) is 42.3 Å². The third kappa shape index (κ3) is 5.44. The first-order valence-electron chi connectivity index (χ1n) is 12.8. The second-order valence-corrected chi connectivity index (χ2v) is 9.54. The number of benzene rings is 3. The van der Waals surface area contributed by atoms with Gasteiger partial charge in [0.15, 0.2) is 11.5 Å². The summed E-state index contributed by atoms with van der Waals surface area (Å²) in [5, 5.41) is 12.2. The van der Waals surface area contributed by atoms with Gasteiger partial charge in [-0.2, -0.15) is 0 Å². The maximum absolute atomic E-state index is 13.0. The zero-order chi connectivity index (χ0) is 25.8.